The van der Waals surface area contributed by atoms with Gasteiger partial charge in [0.1, 0.15) is 35.2 Å². The highest BCUT2D eigenvalue weighted by Crippen LogP contribution is 2.31. The van der Waals surface area contributed by atoms with Crippen LogP contribution in [0.25, 0.3) is 0 Å². The average Bonchev–Trinajstić information content (AvgIpc) is 3.09. The molecule has 0 spiro atoms. The topological polar surface area (TPSA) is 230 Å². The van der Waals surface area contributed by atoms with Crippen molar-refractivity contribution in [2.24, 2.45) is 0 Å². The van der Waals surface area contributed by atoms with E-state index >= 15 is 0 Å². The van der Waals surface area contributed by atoms with E-state index in [1.807, 2.05) is 0 Å². The number of benzene rings is 5. The van der Waals surface area contributed by atoms with Gasteiger partial charge in [-0.15, -0.1) is 0 Å². The van der Waals surface area contributed by atoms with E-state index in [2.05, 4.69) is 10.8 Å². The second-order valence-corrected chi connectivity index (χ2v) is 10.2. The maximum atomic E-state index is 12.8. The first-order valence-electron chi connectivity index (χ1n) is 14.4. The molecular weight excluding hydrogens is 656 g/mol. The maximum Gasteiger partial charge on any atom is 0.336 e. The van der Waals surface area contributed by atoms with Crippen molar-refractivity contribution in [2.45, 2.75) is 6.61 Å². The molecule has 0 heterocycles. The summed E-state index contributed by atoms with van der Waals surface area (Å²) in [5.74, 6) is -2.10. The summed E-state index contributed by atoms with van der Waals surface area (Å²) in [6, 6.07) is 26.3. The zero-order valence-corrected chi connectivity index (χ0v) is 25.5. The average molecular weight is 681 g/mol. The van der Waals surface area contributed by atoms with E-state index in [0.717, 1.165) is 12.1 Å². The Balaban J connectivity index is 1.18. The van der Waals surface area contributed by atoms with Gasteiger partial charge in [-0.25, -0.2) is 9.59 Å². The third-order valence-electron chi connectivity index (χ3n) is 6.92. The third-order valence-corrected chi connectivity index (χ3v) is 6.92. The van der Waals surface area contributed by atoms with Gasteiger partial charge >= 0.3 is 11.9 Å². The summed E-state index contributed by atoms with van der Waals surface area (Å²) in [7, 11) is 0. The highest BCUT2D eigenvalue weighted by molar-refractivity contribution is 6.13. The van der Waals surface area contributed by atoms with E-state index in [1.165, 1.54) is 48.5 Å². The van der Waals surface area contributed by atoms with E-state index in [1.54, 1.807) is 48.5 Å². The van der Waals surface area contributed by atoms with E-state index < -0.39 is 44.5 Å². The molecular formula is C34H24N4O12. The van der Waals surface area contributed by atoms with Gasteiger partial charge in [0, 0.05) is 23.9 Å². The minimum atomic E-state index is -1.48. The number of nitro benzene ring substituents is 2. The molecule has 50 heavy (non-hydrogen) atoms. The molecule has 4 N–H and O–H groups in total. The molecule has 5 aromatic rings. The fourth-order valence-electron chi connectivity index (χ4n) is 4.66. The van der Waals surface area contributed by atoms with E-state index in [9.17, 15) is 44.8 Å². The van der Waals surface area contributed by atoms with Gasteiger partial charge in [-0.1, -0.05) is 18.2 Å². The van der Waals surface area contributed by atoms with Gasteiger partial charge in [0.05, 0.1) is 32.2 Å². The van der Waals surface area contributed by atoms with Gasteiger partial charge in [0.25, 0.3) is 17.3 Å². The van der Waals surface area contributed by atoms with Crippen LogP contribution >= 0.6 is 0 Å². The largest absolute Gasteiger partial charge is 0.478 e. The Kier molecular flexibility index (Phi) is 10.2. The van der Waals surface area contributed by atoms with Gasteiger partial charge in [-0.2, -0.15) is 0 Å². The molecule has 5 aromatic carbocycles. The van der Waals surface area contributed by atoms with Crippen molar-refractivity contribution in [2.75, 3.05) is 10.8 Å². The standard InChI is InChI=1S/C34H24N4O12/c39-32(31-27(34(42)43)7-3-9-30(31)38(46)47)35-20-10-14-22(15-11-20)49-24-4-1-5-25(18-24)50-23-16-12-21(13-17-23)36-48-19-28-26(33(40)41)6-2-8-29(28)37(44)45/h1-18,36H,19H2,(H,35,39)(H,40,41)(H,42,43). The molecule has 16 nitrogen and oxygen atoms in total. The van der Waals surface area contributed by atoms with Crippen LogP contribution in [0.15, 0.2) is 109 Å². The molecule has 0 unspecified atom stereocenters. The number of nitro groups is 2. The van der Waals surface area contributed by atoms with Crippen LogP contribution in [0.2, 0.25) is 0 Å². The second-order valence-electron chi connectivity index (χ2n) is 10.2. The number of aromatic carboxylic acids is 2. The van der Waals surface area contributed by atoms with Crippen LogP contribution in [0.3, 0.4) is 0 Å². The first-order chi connectivity index (χ1) is 24.0. The summed E-state index contributed by atoms with van der Waals surface area (Å²) in [5, 5.41) is 44.0. The Hall–Kier alpha value is -7.33. The highest BCUT2D eigenvalue weighted by atomic mass is 16.6. The van der Waals surface area contributed by atoms with E-state index in [0.29, 0.717) is 28.7 Å². The molecule has 0 fully saturated rings. The molecule has 0 atom stereocenters. The van der Waals surface area contributed by atoms with Crippen LogP contribution in [0, 0.1) is 20.2 Å². The molecule has 0 bridgehead atoms. The Morgan fingerprint density at radius 2 is 1.12 bits per heavy atom. The number of hydrogen-bond acceptors (Lipinski definition) is 11. The van der Waals surface area contributed by atoms with Crippen LogP contribution in [0.5, 0.6) is 23.0 Å². The molecule has 0 radical (unpaired) electrons. The fourth-order valence-corrected chi connectivity index (χ4v) is 4.66. The molecule has 0 aliphatic heterocycles. The predicted molar refractivity (Wildman–Crippen MR) is 176 cm³/mol. The minimum Gasteiger partial charge on any atom is -0.478 e. The summed E-state index contributed by atoms with van der Waals surface area (Å²) >= 11 is 0. The number of nitrogens with zero attached hydrogens (tertiary/aromatic N) is 2. The van der Waals surface area contributed by atoms with Gasteiger partial charge in [-0.3, -0.25) is 35.3 Å². The van der Waals surface area contributed by atoms with Crippen molar-refractivity contribution >= 4 is 40.6 Å². The number of anilines is 2. The van der Waals surface area contributed by atoms with E-state index in [-0.39, 0.29) is 29.1 Å². The Bertz CT molecular complexity index is 2040. The zero-order valence-electron chi connectivity index (χ0n) is 25.5. The molecule has 0 saturated carbocycles. The molecule has 0 saturated heterocycles. The lowest BCUT2D eigenvalue weighted by Crippen LogP contribution is -2.18. The van der Waals surface area contributed by atoms with Crippen LogP contribution in [-0.2, 0) is 11.4 Å². The van der Waals surface area contributed by atoms with Gasteiger partial charge in [-0.05, 0) is 72.8 Å². The number of hydrogen-bond donors (Lipinski definition) is 4. The highest BCUT2D eigenvalue weighted by Gasteiger charge is 2.27. The minimum absolute atomic E-state index is 0.0882. The van der Waals surface area contributed by atoms with E-state index in [4.69, 9.17) is 14.3 Å². The number of ether oxygens (including phenoxy) is 2. The second kappa shape index (κ2) is 15.1. The maximum absolute atomic E-state index is 12.8. The number of carbonyl (C=O) groups excluding carboxylic acids is 1. The third kappa shape index (κ3) is 8.14. The Morgan fingerprint density at radius 1 is 0.620 bits per heavy atom. The lowest BCUT2D eigenvalue weighted by Gasteiger charge is -2.12. The SMILES string of the molecule is O=C(O)c1cccc([N+](=O)[O-])c1CONc1ccc(Oc2cccc(Oc3ccc(NC(=O)c4c(C(=O)O)cccc4[N+](=O)[O-])cc3)c2)cc1. The lowest BCUT2D eigenvalue weighted by molar-refractivity contribution is -0.386. The van der Waals surface area contributed by atoms with Crippen LogP contribution in [0.1, 0.15) is 36.6 Å². The van der Waals surface area contributed by atoms with Crippen molar-refractivity contribution < 1.29 is 48.8 Å². The molecule has 0 aliphatic carbocycles. The molecule has 252 valence electrons. The molecule has 0 aliphatic rings. The summed E-state index contributed by atoms with van der Waals surface area (Å²) in [6.45, 7) is -0.382. The summed E-state index contributed by atoms with van der Waals surface area (Å²) < 4.78 is 11.8. The first-order valence-corrected chi connectivity index (χ1v) is 14.4. The van der Waals surface area contributed by atoms with Crippen molar-refractivity contribution in [3.8, 4) is 23.0 Å². The van der Waals surface area contributed by atoms with Crippen molar-refractivity contribution in [1.82, 2.24) is 0 Å². The number of rotatable bonds is 14. The van der Waals surface area contributed by atoms with Gasteiger partial charge in [0.2, 0.25) is 0 Å². The smallest absolute Gasteiger partial charge is 0.336 e. The molecule has 0 aromatic heterocycles. The Labute approximate surface area is 281 Å². The monoisotopic (exact) mass is 680 g/mol. The van der Waals surface area contributed by atoms with Crippen molar-refractivity contribution in [3.05, 3.63) is 152 Å². The quantitative estimate of drug-likeness (QED) is 0.0668. The molecule has 1 amide bonds. The van der Waals surface area contributed by atoms with Crippen molar-refractivity contribution in [1.29, 1.82) is 0 Å². The first kappa shape index (κ1) is 34.0. The number of carbonyl (C=O) groups is 3. The predicted octanol–water partition coefficient (Wildman–Crippen LogP) is 7.28. The van der Waals surface area contributed by atoms with Crippen LogP contribution < -0.4 is 20.3 Å². The zero-order chi connectivity index (χ0) is 35.8. The lowest BCUT2D eigenvalue weighted by atomic mass is 10.0. The fraction of sp³-hybridized carbons (Fsp3) is 0.0294. The normalized spacial score (nSPS) is 10.5. The number of carboxylic acids is 2. The summed E-state index contributed by atoms with van der Waals surface area (Å²) in [5.41, 5.74) is 0.900. The Morgan fingerprint density at radius 3 is 1.66 bits per heavy atom. The summed E-state index contributed by atoms with van der Waals surface area (Å²) in [4.78, 5) is 62.5. The van der Waals surface area contributed by atoms with Crippen molar-refractivity contribution in [3.63, 3.8) is 0 Å². The molecule has 16 heteroatoms. The number of nitrogens with one attached hydrogen (secondary N) is 2. The van der Waals surface area contributed by atoms with Gasteiger partial charge in [0.15, 0.2) is 0 Å². The van der Waals surface area contributed by atoms with Crippen LogP contribution in [-0.4, -0.2) is 37.9 Å². The van der Waals surface area contributed by atoms with Crippen LogP contribution in [0.4, 0.5) is 22.7 Å². The van der Waals surface area contributed by atoms with Gasteiger partial charge < -0.3 is 25.0 Å². The number of carboxylic acid groups (broad SMARTS) is 2. The number of amides is 1. The summed E-state index contributed by atoms with van der Waals surface area (Å²) in [6.07, 6.45) is 0. The molecule has 5 rings (SSSR count).